The van der Waals surface area contributed by atoms with Crippen LogP contribution in [0.1, 0.15) is 34.6 Å². The van der Waals surface area contributed by atoms with Crippen molar-refractivity contribution < 1.29 is 14.1 Å². The van der Waals surface area contributed by atoms with Crippen LogP contribution in [-0.4, -0.2) is 58.5 Å². The van der Waals surface area contributed by atoms with Crippen LogP contribution in [0.2, 0.25) is 0 Å². The summed E-state index contributed by atoms with van der Waals surface area (Å²) >= 11 is 0. The maximum absolute atomic E-state index is 12.3. The number of nitrogens with one attached hydrogen (secondary N) is 2. The van der Waals surface area contributed by atoms with Crippen molar-refractivity contribution in [2.45, 2.75) is 32.9 Å². The second kappa shape index (κ2) is 7.59. The molecule has 8 heteroatoms. The van der Waals surface area contributed by atoms with Gasteiger partial charge in [-0.15, -0.1) is 0 Å². The maximum atomic E-state index is 12.3. The second-order valence-electron chi connectivity index (χ2n) is 6.19. The van der Waals surface area contributed by atoms with E-state index in [1.807, 2.05) is 19.9 Å². The Morgan fingerprint density at radius 2 is 2.21 bits per heavy atom. The van der Waals surface area contributed by atoms with Crippen LogP contribution in [0.5, 0.6) is 0 Å². The fourth-order valence-corrected chi connectivity index (χ4v) is 2.72. The Morgan fingerprint density at radius 3 is 2.92 bits per heavy atom. The minimum absolute atomic E-state index is 0.0420. The van der Waals surface area contributed by atoms with Gasteiger partial charge in [0.15, 0.2) is 11.5 Å². The van der Waals surface area contributed by atoms with Crippen LogP contribution in [0.15, 0.2) is 16.7 Å². The molecule has 1 aliphatic heterocycles. The molecule has 8 nitrogen and oxygen atoms in total. The zero-order valence-electron chi connectivity index (χ0n) is 14.0. The molecule has 1 aliphatic rings. The molecule has 1 fully saturated rings. The highest BCUT2D eigenvalue weighted by Gasteiger charge is 2.18. The maximum Gasteiger partial charge on any atom is 0.273 e. The molecule has 2 aromatic heterocycles. The molecule has 1 amide bonds. The van der Waals surface area contributed by atoms with Gasteiger partial charge in [-0.2, -0.15) is 5.10 Å². The second-order valence-corrected chi connectivity index (χ2v) is 6.19. The summed E-state index contributed by atoms with van der Waals surface area (Å²) in [6.07, 6.45) is 0.661. The lowest BCUT2D eigenvalue weighted by Gasteiger charge is -2.25. The fraction of sp³-hybridized carbons (Fsp3) is 0.562. The summed E-state index contributed by atoms with van der Waals surface area (Å²) in [5.41, 5.74) is 2.24. The standard InChI is InChI=1S/C16H23N5O3/c1-11(7-13-8-12(2)18-19-13)17-16(22)15-9-14(24-20-15)10-21-3-5-23-6-4-21/h8-9,11H,3-7,10H2,1-2H3,(H,17,22)(H,18,19)/t11-/m0/s1. The first-order valence-electron chi connectivity index (χ1n) is 8.17. The number of carbonyl (C=O) groups is 1. The molecule has 0 saturated carbocycles. The average Bonchev–Trinajstić information content (AvgIpc) is 3.17. The number of aryl methyl sites for hydroxylation is 1. The summed E-state index contributed by atoms with van der Waals surface area (Å²) in [6.45, 7) is 7.72. The van der Waals surface area contributed by atoms with Crippen molar-refractivity contribution in [3.05, 3.63) is 35.0 Å². The minimum Gasteiger partial charge on any atom is -0.379 e. The van der Waals surface area contributed by atoms with Crippen molar-refractivity contribution in [1.29, 1.82) is 0 Å². The van der Waals surface area contributed by atoms with Gasteiger partial charge < -0.3 is 14.6 Å². The SMILES string of the molecule is Cc1cc(C[C@H](C)NC(=O)c2cc(CN3CCOCC3)on2)n[nH]1. The Hall–Kier alpha value is -2.19. The molecule has 24 heavy (non-hydrogen) atoms. The Bertz CT molecular complexity index is 675. The number of morpholine rings is 1. The molecule has 2 N–H and O–H groups in total. The molecule has 0 radical (unpaired) electrons. The van der Waals surface area contributed by atoms with Crippen LogP contribution < -0.4 is 5.32 Å². The first kappa shape index (κ1) is 16.7. The van der Waals surface area contributed by atoms with E-state index in [2.05, 4.69) is 25.6 Å². The number of rotatable bonds is 6. The molecule has 0 aliphatic carbocycles. The third-order valence-corrected chi connectivity index (χ3v) is 3.93. The highest BCUT2D eigenvalue weighted by molar-refractivity contribution is 5.92. The fourth-order valence-electron chi connectivity index (χ4n) is 2.72. The molecule has 3 heterocycles. The average molecular weight is 333 g/mol. The molecule has 1 saturated heterocycles. The number of hydrogen-bond donors (Lipinski definition) is 2. The number of aromatic nitrogens is 3. The van der Waals surface area contributed by atoms with Gasteiger partial charge in [0.1, 0.15) is 0 Å². The topological polar surface area (TPSA) is 96.3 Å². The van der Waals surface area contributed by atoms with E-state index in [0.29, 0.717) is 24.4 Å². The molecule has 2 aromatic rings. The summed E-state index contributed by atoms with van der Waals surface area (Å²) in [5, 5.41) is 13.9. The van der Waals surface area contributed by atoms with Crippen LogP contribution in [0.4, 0.5) is 0 Å². The van der Waals surface area contributed by atoms with Crippen LogP contribution in [0.25, 0.3) is 0 Å². The van der Waals surface area contributed by atoms with E-state index in [9.17, 15) is 4.79 Å². The lowest BCUT2D eigenvalue weighted by atomic mass is 10.1. The summed E-state index contributed by atoms with van der Waals surface area (Å²) in [6, 6.07) is 3.63. The Kier molecular flexibility index (Phi) is 5.27. The van der Waals surface area contributed by atoms with Crippen molar-refractivity contribution in [1.82, 2.24) is 25.6 Å². The van der Waals surface area contributed by atoms with Crippen molar-refractivity contribution in [3.8, 4) is 0 Å². The van der Waals surface area contributed by atoms with Crippen molar-refractivity contribution in [3.63, 3.8) is 0 Å². The molecule has 130 valence electrons. The number of amides is 1. The van der Waals surface area contributed by atoms with E-state index < -0.39 is 0 Å². The van der Waals surface area contributed by atoms with E-state index in [-0.39, 0.29) is 11.9 Å². The van der Waals surface area contributed by atoms with Crippen molar-refractivity contribution >= 4 is 5.91 Å². The van der Waals surface area contributed by atoms with E-state index in [1.54, 1.807) is 6.07 Å². The molecule has 1 atom stereocenters. The van der Waals surface area contributed by atoms with E-state index >= 15 is 0 Å². The van der Waals surface area contributed by atoms with Gasteiger partial charge in [0.2, 0.25) is 0 Å². The van der Waals surface area contributed by atoms with Gasteiger partial charge in [-0.3, -0.25) is 14.8 Å². The number of aromatic amines is 1. The largest absolute Gasteiger partial charge is 0.379 e. The third-order valence-electron chi connectivity index (χ3n) is 3.93. The molecule has 0 bridgehead atoms. The number of carbonyl (C=O) groups excluding carboxylic acids is 1. The van der Waals surface area contributed by atoms with E-state index in [4.69, 9.17) is 9.26 Å². The highest BCUT2D eigenvalue weighted by Crippen LogP contribution is 2.10. The molecular formula is C16H23N5O3. The molecule has 0 spiro atoms. The van der Waals surface area contributed by atoms with Crippen LogP contribution >= 0.6 is 0 Å². The van der Waals surface area contributed by atoms with Gasteiger partial charge in [0, 0.05) is 37.3 Å². The highest BCUT2D eigenvalue weighted by atomic mass is 16.5. The van der Waals surface area contributed by atoms with Crippen LogP contribution in [0, 0.1) is 6.92 Å². The summed E-state index contributed by atoms with van der Waals surface area (Å²) < 4.78 is 10.6. The van der Waals surface area contributed by atoms with E-state index in [0.717, 1.165) is 37.7 Å². The predicted octanol–water partition coefficient (Wildman–Crippen LogP) is 0.899. The van der Waals surface area contributed by atoms with Crippen molar-refractivity contribution in [2.24, 2.45) is 0 Å². The van der Waals surface area contributed by atoms with Gasteiger partial charge >= 0.3 is 0 Å². The smallest absolute Gasteiger partial charge is 0.273 e. The summed E-state index contributed by atoms with van der Waals surface area (Å²) in [4.78, 5) is 14.5. The van der Waals surface area contributed by atoms with Gasteiger partial charge in [0.25, 0.3) is 5.91 Å². The van der Waals surface area contributed by atoms with Crippen LogP contribution in [0.3, 0.4) is 0 Å². The Labute approximate surface area is 140 Å². The number of H-pyrrole nitrogens is 1. The van der Waals surface area contributed by atoms with Gasteiger partial charge in [0.05, 0.1) is 25.5 Å². The monoisotopic (exact) mass is 333 g/mol. The Morgan fingerprint density at radius 1 is 1.42 bits per heavy atom. The zero-order chi connectivity index (χ0) is 16.9. The zero-order valence-corrected chi connectivity index (χ0v) is 14.0. The van der Waals surface area contributed by atoms with Crippen LogP contribution in [-0.2, 0) is 17.7 Å². The van der Waals surface area contributed by atoms with Crippen molar-refractivity contribution in [2.75, 3.05) is 26.3 Å². The summed E-state index contributed by atoms with van der Waals surface area (Å²) in [7, 11) is 0. The molecule has 3 rings (SSSR count). The molecule has 0 unspecified atom stereocenters. The van der Waals surface area contributed by atoms with E-state index in [1.165, 1.54) is 0 Å². The third kappa shape index (κ3) is 4.42. The summed E-state index contributed by atoms with van der Waals surface area (Å²) in [5.74, 6) is 0.462. The number of ether oxygens (including phenoxy) is 1. The van der Waals surface area contributed by atoms with Gasteiger partial charge in [-0.05, 0) is 19.9 Å². The normalized spacial score (nSPS) is 16.9. The minimum atomic E-state index is -0.230. The molecule has 0 aromatic carbocycles. The predicted molar refractivity (Wildman–Crippen MR) is 86.6 cm³/mol. The lowest BCUT2D eigenvalue weighted by Crippen LogP contribution is -2.35. The molecular weight excluding hydrogens is 310 g/mol. The first-order chi connectivity index (χ1) is 11.6. The van der Waals surface area contributed by atoms with Gasteiger partial charge in [-0.1, -0.05) is 5.16 Å². The Balaban J connectivity index is 1.51. The number of nitrogens with zero attached hydrogens (tertiary/aromatic N) is 3. The quantitative estimate of drug-likeness (QED) is 0.815. The lowest BCUT2D eigenvalue weighted by molar-refractivity contribution is 0.0305. The number of hydrogen-bond acceptors (Lipinski definition) is 6. The van der Waals surface area contributed by atoms with Gasteiger partial charge in [-0.25, -0.2) is 0 Å². The first-order valence-corrected chi connectivity index (χ1v) is 8.17.